The highest BCUT2D eigenvalue weighted by Crippen LogP contribution is 2.49. The Balaban J connectivity index is 1.96. The van der Waals surface area contributed by atoms with Crippen molar-refractivity contribution in [3.05, 3.63) is 33.9 Å². The molecule has 0 bridgehead atoms. The first-order valence-corrected chi connectivity index (χ1v) is 10.9. The molecule has 1 aliphatic heterocycles. The van der Waals surface area contributed by atoms with Crippen molar-refractivity contribution < 1.29 is 19.4 Å². The summed E-state index contributed by atoms with van der Waals surface area (Å²) >= 11 is 12.9. The topological polar surface area (TPSA) is 97.9 Å². The lowest BCUT2D eigenvalue weighted by Gasteiger charge is -2.28. The molecule has 1 aromatic heterocycles. The maximum absolute atomic E-state index is 11.6. The zero-order valence-corrected chi connectivity index (χ0v) is 19.5. The van der Waals surface area contributed by atoms with Crippen molar-refractivity contribution in [1.29, 1.82) is 0 Å². The van der Waals surface area contributed by atoms with E-state index in [-0.39, 0.29) is 29.1 Å². The second-order valence-electron chi connectivity index (χ2n) is 8.42. The van der Waals surface area contributed by atoms with E-state index in [2.05, 4.69) is 18.8 Å². The molecule has 0 fully saturated rings. The lowest BCUT2D eigenvalue weighted by molar-refractivity contribution is 0.202. The molecule has 31 heavy (non-hydrogen) atoms. The van der Waals surface area contributed by atoms with Crippen LogP contribution in [-0.4, -0.2) is 34.9 Å². The number of nitrogens with two attached hydrogens (primary N) is 1. The van der Waals surface area contributed by atoms with Gasteiger partial charge in [-0.15, -0.1) is 0 Å². The second-order valence-corrected chi connectivity index (χ2v) is 9.16. The number of halogens is 2. The van der Waals surface area contributed by atoms with Gasteiger partial charge in [-0.3, -0.25) is 4.90 Å². The van der Waals surface area contributed by atoms with Gasteiger partial charge in [-0.25, -0.2) is 9.78 Å². The van der Waals surface area contributed by atoms with Crippen LogP contribution in [0.15, 0.2) is 18.2 Å². The third-order valence-corrected chi connectivity index (χ3v) is 5.61. The Hall–Kier alpha value is -2.22. The van der Waals surface area contributed by atoms with Crippen molar-refractivity contribution in [1.82, 2.24) is 4.98 Å². The third kappa shape index (κ3) is 5.00. The highest BCUT2D eigenvalue weighted by molar-refractivity contribution is 6.38. The van der Waals surface area contributed by atoms with Gasteiger partial charge in [0.05, 0.1) is 5.02 Å². The SMILES string of the molecule is CCN(C(=O)O)c1nc(Cl)c2c(c1Cl)-c1ccc(OCC(C)(N)CC(C)C)cc1CO2. The number of benzene rings is 1. The number of rotatable bonds is 7. The molecule has 3 N–H and O–H groups in total. The summed E-state index contributed by atoms with van der Waals surface area (Å²) in [6, 6.07) is 5.58. The summed E-state index contributed by atoms with van der Waals surface area (Å²) in [5.74, 6) is 1.55. The number of ether oxygens (including phenoxy) is 2. The Morgan fingerprint density at radius 1 is 1.42 bits per heavy atom. The molecule has 0 saturated carbocycles. The van der Waals surface area contributed by atoms with E-state index in [0.717, 1.165) is 22.4 Å². The summed E-state index contributed by atoms with van der Waals surface area (Å²) in [6.07, 6.45) is -0.324. The first kappa shape index (κ1) is 23.4. The first-order chi connectivity index (χ1) is 14.5. The molecule has 0 saturated heterocycles. The average Bonchev–Trinajstić information content (AvgIpc) is 2.68. The van der Waals surface area contributed by atoms with Crippen LogP contribution in [0.5, 0.6) is 11.5 Å². The van der Waals surface area contributed by atoms with E-state index in [1.165, 1.54) is 0 Å². The molecule has 1 amide bonds. The fourth-order valence-corrected chi connectivity index (χ4v) is 4.41. The minimum Gasteiger partial charge on any atom is -0.492 e. The molecule has 3 rings (SSSR count). The molecule has 7 nitrogen and oxygen atoms in total. The maximum atomic E-state index is 11.6. The molecule has 1 unspecified atom stereocenters. The van der Waals surface area contributed by atoms with Gasteiger partial charge in [-0.2, -0.15) is 0 Å². The number of fused-ring (bicyclic) bond motifs is 3. The van der Waals surface area contributed by atoms with Crippen molar-refractivity contribution in [2.75, 3.05) is 18.1 Å². The summed E-state index contributed by atoms with van der Waals surface area (Å²) in [7, 11) is 0. The first-order valence-electron chi connectivity index (χ1n) is 10.1. The van der Waals surface area contributed by atoms with Crippen molar-refractivity contribution >= 4 is 35.1 Å². The number of carbonyl (C=O) groups is 1. The van der Waals surface area contributed by atoms with E-state index in [9.17, 15) is 9.90 Å². The fourth-order valence-electron chi connectivity index (χ4n) is 3.85. The van der Waals surface area contributed by atoms with E-state index < -0.39 is 11.6 Å². The van der Waals surface area contributed by atoms with Crippen molar-refractivity contribution in [3.8, 4) is 22.6 Å². The summed E-state index contributed by atoms with van der Waals surface area (Å²) in [6.45, 7) is 8.74. The third-order valence-electron chi connectivity index (χ3n) is 5.00. The number of anilines is 1. The predicted octanol–water partition coefficient (Wildman–Crippen LogP) is 5.59. The highest BCUT2D eigenvalue weighted by Gasteiger charge is 2.30. The minimum atomic E-state index is -1.17. The van der Waals surface area contributed by atoms with Gasteiger partial charge in [0, 0.05) is 23.2 Å². The molecule has 168 valence electrons. The van der Waals surface area contributed by atoms with Gasteiger partial charge in [0.2, 0.25) is 0 Å². The van der Waals surface area contributed by atoms with E-state index in [4.69, 9.17) is 38.4 Å². The molecule has 1 aliphatic rings. The number of hydrogen-bond donors (Lipinski definition) is 2. The molecular formula is C22H27Cl2N3O4. The van der Waals surface area contributed by atoms with Gasteiger partial charge >= 0.3 is 6.09 Å². The normalized spacial score (nSPS) is 14.3. The van der Waals surface area contributed by atoms with Crippen molar-refractivity contribution in [2.24, 2.45) is 11.7 Å². The van der Waals surface area contributed by atoms with Crippen LogP contribution in [0.2, 0.25) is 10.2 Å². The van der Waals surface area contributed by atoms with Crippen LogP contribution in [0.4, 0.5) is 10.6 Å². The number of aromatic nitrogens is 1. The molecule has 1 atom stereocenters. The fraction of sp³-hybridized carbons (Fsp3) is 0.455. The Kier molecular flexibility index (Phi) is 6.88. The molecule has 2 heterocycles. The van der Waals surface area contributed by atoms with Crippen LogP contribution in [-0.2, 0) is 6.61 Å². The lowest BCUT2D eigenvalue weighted by Crippen LogP contribution is -2.43. The van der Waals surface area contributed by atoms with Crippen LogP contribution in [0.3, 0.4) is 0 Å². The standard InChI is InChI=1S/C22H27Cl2N3O4/c1-5-27(21(28)29)20-17(23)16-15-7-6-14(31-11-22(4,25)9-12(2)3)8-13(15)10-30-18(16)19(24)26-20/h6-8,12H,5,9-11,25H2,1-4H3,(H,28,29). The Morgan fingerprint density at radius 3 is 2.74 bits per heavy atom. The highest BCUT2D eigenvalue weighted by atomic mass is 35.5. The molecule has 0 spiro atoms. The zero-order chi connectivity index (χ0) is 22.9. The molecule has 2 aromatic rings. The lowest BCUT2D eigenvalue weighted by atomic mass is 9.93. The molecule has 0 radical (unpaired) electrons. The summed E-state index contributed by atoms with van der Waals surface area (Å²) in [4.78, 5) is 16.8. The molecule has 0 aliphatic carbocycles. The van der Waals surface area contributed by atoms with Crippen LogP contribution < -0.4 is 20.1 Å². The van der Waals surface area contributed by atoms with Gasteiger partial charge in [0.15, 0.2) is 16.7 Å². The number of carboxylic acid groups (broad SMARTS) is 1. The van der Waals surface area contributed by atoms with Gasteiger partial charge in [-0.05, 0) is 43.9 Å². The van der Waals surface area contributed by atoms with E-state index in [1.54, 1.807) is 6.92 Å². The monoisotopic (exact) mass is 467 g/mol. The average molecular weight is 468 g/mol. The van der Waals surface area contributed by atoms with Gasteiger partial charge < -0.3 is 20.3 Å². The Morgan fingerprint density at radius 2 is 2.13 bits per heavy atom. The molecular weight excluding hydrogens is 441 g/mol. The number of pyridine rings is 1. The minimum absolute atomic E-state index is 0.0626. The largest absolute Gasteiger partial charge is 0.492 e. The number of amides is 1. The van der Waals surface area contributed by atoms with Gasteiger partial charge in [0.1, 0.15) is 19.0 Å². The molecule has 1 aromatic carbocycles. The number of nitrogens with zero attached hydrogens (tertiary/aromatic N) is 2. The maximum Gasteiger partial charge on any atom is 0.413 e. The van der Waals surface area contributed by atoms with E-state index in [1.807, 2.05) is 25.1 Å². The number of hydrogen-bond acceptors (Lipinski definition) is 5. The Bertz CT molecular complexity index is 995. The quantitative estimate of drug-likeness (QED) is 0.514. The van der Waals surface area contributed by atoms with Gasteiger partial charge in [0.25, 0.3) is 0 Å². The van der Waals surface area contributed by atoms with Crippen LogP contribution in [0.25, 0.3) is 11.1 Å². The second kappa shape index (κ2) is 9.10. The van der Waals surface area contributed by atoms with Crippen molar-refractivity contribution in [2.45, 2.75) is 46.3 Å². The predicted molar refractivity (Wildman–Crippen MR) is 123 cm³/mol. The summed E-state index contributed by atoms with van der Waals surface area (Å²) in [5, 5.41) is 9.72. The van der Waals surface area contributed by atoms with E-state index >= 15 is 0 Å². The van der Waals surface area contributed by atoms with Crippen LogP contribution in [0, 0.1) is 5.92 Å². The van der Waals surface area contributed by atoms with E-state index in [0.29, 0.717) is 29.6 Å². The Labute approximate surface area is 192 Å². The smallest absolute Gasteiger partial charge is 0.413 e. The summed E-state index contributed by atoms with van der Waals surface area (Å²) < 4.78 is 11.8. The summed E-state index contributed by atoms with van der Waals surface area (Å²) in [5.41, 5.74) is 8.07. The van der Waals surface area contributed by atoms with Gasteiger partial charge in [-0.1, -0.05) is 43.1 Å². The van der Waals surface area contributed by atoms with Crippen LogP contribution >= 0.6 is 23.2 Å². The zero-order valence-electron chi connectivity index (χ0n) is 18.0. The van der Waals surface area contributed by atoms with Crippen molar-refractivity contribution in [3.63, 3.8) is 0 Å². The molecule has 9 heteroatoms. The van der Waals surface area contributed by atoms with Crippen LogP contribution in [0.1, 0.15) is 39.7 Å².